The van der Waals surface area contributed by atoms with Gasteiger partial charge in [0.15, 0.2) is 5.96 Å². The van der Waals surface area contributed by atoms with E-state index in [9.17, 15) is 4.79 Å². The third kappa shape index (κ3) is 7.52. The zero-order chi connectivity index (χ0) is 17.5. The van der Waals surface area contributed by atoms with Crippen molar-refractivity contribution in [2.24, 2.45) is 16.8 Å². The van der Waals surface area contributed by atoms with Crippen LogP contribution in [0, 0.1) is 11.8 Å². The van der Waals surface area contributed by atoms with Crippen molar-refractivity contribution in [3.63, 3.8) is 0 Å². The summed E-state index contributed by atoms with van der Waals surface area (Å²) >= 11 is 1.72. The SMILES string of the molecule is CC1CCC(NC(=NCC(=O)N(C)C)NCc2cccs2)CC1C.I. The molecule has 1 aliphatic carbocycles. The van der Waals surface area contributed by atoms with Crippen LogP contribution in [0.1, 0.15) is 38.0 Å². The van der Waals surface area contributed by atoms with Gasteiger partial charge in [-0.25, -0.2) is 4.99 Å². The summed E-state index contributed by atoms with van der Waals surface area (Å²) in [5, 5.41) is 8.98. The summed E-state index contributed by atoms with van der Waals surface area (Å²) in [5.74, 6) is 2.26. The molecule has 0 saturated heterocycles. The number of aliphatic imine (C=N–C) groups is 1. The molecule has 1 aromatic rings. The van der Waals surface area contributed by atoms with E-state index in [2.05, 4.69) is 40.9 Å². The fourth-order valence-electron chi connectivity index (χ4n) is 2.90. The van der Waals surface area contributed by atoms with Crippen LogP contribution in [-0.4, -0.2) is 43.4 Å². The second kappa shape index (κ2) is 11.0. The van der Waals surface area contributed by atoms with E-state index in [1.807, 2.05) is 6.07 Å². The fourth-order valence-corrected chi connectivity index (χ4v) is 3.54. The number of guanidine groups is 1. The van der Waals surface area contributed by atoms with Crippen LogP contribution in [0.4, 0.5) is 0 Å². The van der Waals surface area contributed by atoms with Crippen molar-refractivity contribution in [2.45, 2.75) is 45.7 Å². The largest absolute Gasteiger partial charge is 0.354 e. The molecule has 5 nitrogen and oxygen atoms in total. The minimum Gasteiger partial charge on any atom is -0.354 e. The Bertz CT molecular complexity index is 547. The van der Waals surface area contributed by atoms with Crippen LogP contribution in [0.3, 0.4) is 0 Å². The highest BCUT2D eigenvalue weighted by atomic mass is 127. The van der Waals surface area contributed by atoms with Crippen molar-refractivity contribution in [1.82, 2.24) is 15.5 Å². The van der Waals surface area contributed by atoms with Crippen molar-refractivity contribution >= 4 is 47.2 Å². The smallest absolute Gasteiger partial charge is 0.243 e. The first-order chi connectivity index (χ1) is 11.5. The number of hydrogen-bond donors (Lipinski definition) is 2. The van der Waals surface area contributed by atoms with Crippen LogP contribution < -0.4 is 10.6 Å². The van der Waals surface area contributed by atoms with E-state index < -0.39 is 0 Å². The van der Waals surface area contributed by atoms with Crippen molar-refractivity contribution in [2.75, 3.05) is 20.6 Å². The molecular weight excluding hydrogens is 447 g/mol. The summed E-state index contributed by atoms with van der Waals surface area (Å²) in [6.07, 6.45) is 3.56. The molecule has 1 aromatic heterocycles. The summed E-state index contributed by atoms with van der Waals surface area (Å²) in [7, 11) is 3.52. The van der Waals surface area contributed by atoms with Crippen molar-refractivity contribution in [3.8, 4) is 0 Å². The summed E-state index contributed by atoms with van der Waals surface area (Å²) < 4.78 is 0. The average Bonchev–Trinajstić information content (AvgIpc) is 3.06. The van der Waals surface area contributed by atoms with Gasteiger partial charge in [-0.15, -0.1) is 35.3 Å². The number of thiophene rings is 1. The number of carbonyl (C=O) groups is 1. The van der Waals surface area contributed by atoms with E-state index >= 15 is 0 Å². The van der Waals surface area contributed by atoms with E-state index in [1.54, 1.807) is 30.3 Å². The highest BCUT2D eigenvalue weighted by Gasteiger charge is 2.25. The number of rotatable bonds is 5. The summed E-state index contributed by atoms with van der Waals surface area (Å²) in [6, 6.07) is 4.58. The first-order valence-corrected chi connectivity index (χ1v) is 9.61. The number of amides is 1. The molecule has 25 heavy (non-hydrogen) atoms. The zero-order valence-corrected chi connectivity index (χ0v) is 18.8. The van der Waals surface area contributed by atoms with Crippen LogP contribution >= 0.6 is 35.3 Å². The van der Waals surface area contributed by atoms with Gasteiger partial charge in [-0.05, 0) is 42.5 Å². The van der Waals surface area contributed by atoms with E-state index in [0.29, 0.717) is 6.04 Å². The number of hydrogen-bond acceptors (Lipinski definition) is 3. The maximum absolute atomic E-state index is 11.8. The van der Waals surface area contributed by atoms with E-state index in [4.69, 9.17) is 0 Å². The van der Waals surface area contributed by atoms with Gasteiger partial charge < -0.3 is 15.5 Å². The van der Waals surface area contributed by atoms with E-state index in [-0.39, 0.29) is 36.4 Å². The minimum absolute atomic E-state index is 0. The Balaban J connectivity index is 0.00000312. The van der Waals surface area contributed by atoms with Gasteiger partial charge in [0, 0.05) is 25.0 Å². The number of likely N-dealkylation sites (N-methyl/N-ethyl adjacent to an activating group) is 1. The van der Waals surface area contributed by atoms with Gasteiger partial charge in [-0.3, -0.25) is 4.79 Å². The van der Waals surface area contributed by atoms with E-state index in [0.717, 1.165) is 37.2 Å². The zero-order valence-electron chi connectivity index (χ0n) is 15.6. The van der Waals surface area contributed by atoms with Gasteiger partial charge in [0.05, 0.1) is 6.54 Å². The van der Waals surface area contributed by atoms with Gasteiger partial charge in [0.2, 0.25) is 5.91 Å². The predicted octanol–water partition coefficient (Wildman–Crippen LogP) is 3.31. The molecule has 0 spiro atoms. The molecule has 1 amide bonds. The van der Waals surface area contributed by atoms with Crippen LogP contribution in [0.5, 0.6) is 0 Å². The Morgan fingerprint density at radius 3 is 2.68 bits per heavy atom. The number of nitrogens with zero attached hydrogens (tertiary/aromatic N) is 2. The summed E-state index contributed by atoms with van der Waals surface area (Å²) in [4.78, 5) is 19.2. The second-order valence-corrected chi connectivity index (χ2v) is 8.03. The lowest BCUT2D eigenvalue weighted by molar-refractivity contribution is -0.127. The van der Waals surface area contributed by atoms with Gasteiger partial charge in [-0.2, -0.15) is 0 Å². The molecule has 1 heterocycles. The molecule has 0 radical (unpaired) electrons. The topological polar surface area (TPSA) is 56.7 Å². The van der Waals surface area contributed by atoms with Crippen molar-refractivity contribution in [1.29, 1.82) is 0 Å². The van der Waals surface area contributed by atoms with Crippen molar-refractivity contribution in [3.05, 3.63) is 22.4 Å². The molecule has 0 bridgehead atoms. The quantitative estimate of drug-likeness (QED) is 0.388. The first kappa shape index (κ1) is 22.2. The molecular formula is C18H31IN4OS. The predicted molar refractivity (Wildman–Crippen MR) is 117 cm³/mol. The maximum atomic E-state index is 11.8. The molecule has 2 rings (SSSR count). The minimum atomic E-state index is 0. The molecule has 3 atom stereocenters. The van der Waals surface area contributed by atoms with E-state index in [1.165, 1.54) is 11.3 Å². The molecule has 1 aliphatic rings. The maximum Gasteiger partial charge on any atom is 0.243 e. The molecule has 7 heteroatoms. The highest BCUT2D eigenvalue weighted by molar-refractivity contribution is 14.0. The lowest BCUT2D eigenvalue weighted by atomic mass is 9.79. The molecule has 142 valence electrons. The third-order valence-electron chi connectivity index (χ3n) is 4.82. The van der Waals surface area contributed by atoms with Gasteiger partial charge in [-0.1, -0.05) is 19.9 Å². The van der Waals surface area contributed by atoms with Crippen LogP contribution in [-0.2, 0) is 11.3 Å². The third-order valence-corrected chi connectivity index (χ3v) is 5.70. The average molecular weight is 478 g/mol. The summed E-state index contributed by atoms with van der Waals surface area (Å²) in [6.45, 7) is 5.56. The Morgan fingerprint density at radius 1 is 1.32 bits per heavy atom. The number of carbonyl (C=O) groups excluding carboxylic acids is 1. The lowest BCUT2D eigenvalue weighted by Gasteiger charge is -2.33. The molecule has 1 saturated carbocycles. The standard InChI is InChI=1S/C18H30N4OS.HI/c1-13-7-8-15(10-14(13)2)21-18(20-12-17(23)22(3)4)19-11-16-6-5-9-24-16;/h5-6,9,13-15H,7-8,10-12H2,1-4H3,(H2,19,20,21);1H. The Morgan fingerprint density at radius 2 is 2.08 bits per heavy atom. The molecule has 0 aliphatic heterocycles. The number of nitrogens with one attached hydrogen (secondary N) is 2. The van der Waals surface area contributed by atoms with Gasteiger partial charge in [0.25, 0.3) is 0 Å². The van der Waals surface area contributed by atoms with Crippen LogP contribution in [0.15, 0.2) is 22.5 Å². The Hall–Kier alpha value is -0.830. The van der Waals surface area contributed by atoms with Gasteiger partial charge in [0.1, 0.15) is 6.54 Å². The lowest BCUT2D eigenvalue weighted by Crippen LogP contribution is -2.46. The molecule has 0 aromatic carbocycles. The highest BCUT2D eigenvalue weighted by Crippen LogP contribution is 2.29. The Labute approximate surface area is 172 Å². The normalized spacial score (nSPS) is 23.5. The number of halogens is 1. The fraction of sp³-hybridized carbons (Fsp3) is 0.667. The van der Waals surface area contributed by atoms with Crippen molar-refractivity contribution < 1.29 is 4.79 Å². The molecule has 1 fully saturated rings. The molecule has 2 N–H and O–H groups in total. The van der Waals surface area contributed by atoms with Crippen LogP contribution in [0.25, 0.3) is 0 Å². The molecule has 3 unspecified atom stereocenters. The van der Waals surface area contributed by atoms with Gasteiger partial charge >= 0.3 is 0 Å². The second-order valence-electron chi connectivity index (χ2n) is 6.99. The Kier molecular flexibility index (Phi) is 9.78. The van der Waals surface area contributed by atoms with Crippen LogP contribution in [0.2, 0.25) is 0 Å². The summed E-state index contributed by atoms with van der Waals surface area (Å²) in [5.41, 5.74) is 0. The first-order valence-electron chi connectivity index (χ1n) is 8.73. The monoisotopic (exact) mass is 478 g/mol.